The summed E-state index contributed by atoms with van der Waals surface area (Å²) in [7, 11) is 1.51. The van der Waals surface area contributed by atoms with Gasteiger partial charge in [-0.05, 0) is 12.1 Å². The number of nitrogens with zero attached hydrogens (tertiary/aromatic N) is 5. The molecule has 4 rings (SSSR count). The Hall–Kier alpha value is -4.10. The average molecular weight is 501 g/mol. The first-order valence-electron chi connectivity index (χ1n) is 10.4. The van der Waals surface area contributed by atoms with Crippen molar-refractivity contribution < 1.29 is 28.7 Å². The lowest BCUT2D eigenvalue weighted by atomic mass is 10.2. The van der Waals surface area contributed by atoms with Gasteiger partial charge in [0.05, 0.1) is 40.6 Å². The van der Waals surface area contributed by atoms with Gasteiger partial charge in [-0.2, -0.15) is 5.10 Å². The second-order valence-corrected chi connectivity index (χ2v) is 8.41. The molecule has 0 atom stereocenters. The maximum Gasteiger partial charge on any atom is 0.407 e. The fraction of sp³-hybridized carbons (Fsp3) is 0.227. The van der Waals surface area contributed by atoms with Crippen LogP contribution in [0.1, 0.15) is 0 Å². The smallest absolute Gasteiger partial charge is 0.407 e. The lowest BCUT2D eigenvalue weighted by Gasteiger charge is -2.18. The molecule has 0 fully saturated rings. The molecule has 1 aromatic carbocycles. The summed E-state index contributed by atoms with van der Waals surface area (Å²) in [5.41, 5.74) is 1.07. The molecule has 35 heavy (non-hydrogen) atoms. The molecule has 3 heterocycles. The minimum Gasteiger partial charge on any atom is -0.465 e. The average Bonchev–Trinajstić information content (AvgIpc) is 3.47. The van der Waals surface area contributed by atoms with E-state index in [9.17, 15) is 24.4 Å². The molecule has 0 saturated carbocycles. The molecule has 0 aliphatic rings. The number of halogens is 1. The number of pyridine rings is 1. The van der Waals surface area contributed by atoms with E-state index in [-0.39, 0.29) is 24.5 Å². The van der Waals surface area contributed by atoms with Crippen LogP contribution in [0.3, 0.4) is 0 Å². The molecule has 3 aromatic heterocycles. The molecule has 0 spiro atoms. The van der Waals surface area contributed by atoms with E-state index in [2.05, 4.69) is 10.1 Å². The van der Waals surface area contributed by atoms with E-state index >= 15 is 0 Å². The third kappa shape index (κ3) is 5.53. The molecule has 4 aromatic rings. The van der Waals surface area contributed by atoms with Gasteiger partial charge in [0.1, 0.15) is 5.75 Å². The van der Waals surface area contributed by atoms with Gasteiger partial charge in [-0.15, -0.1) is 11.3 Å². The number of fused-ring (bicyclic) bond motifs is 1. The van der Waals surface area contributed by atoms with Gasteiger partial charge >= 0.3 is 6.09 Å². The summed E-state index contributed by atoms with van der Waals surface area (Å²) >= 11 is 1.37. The third-order valence-electron chi connectivity index (χ3n) is 5.07. The normalized spacial score (nSPS) is 11.0. The second kappa shape index (κ2) is 10.4. The van der Waals surface area contributed by atoms with Crippen molar-refractivity contribution >= 4 is 33.3 Å². The Kier molecular flexibility index (Phi) is 7.17. The summed E-state index contributed by atoms with van der Waals surface area (Å²) in [5, 5.41) is 24.4. The van der Waals surface area contributed by atoms with Gasteiger partial charge in [-0.1, -0.05) is 0 Å². The van der Waals surface area contributed by atoms with Crippen LogP contribution in [0.2, 0.25) is 0 Å². The van der Waals surface area contributed by atoms with E-state index in [0.717, 1.165) is 16.5 Å². The number of methoxy groups -OCH3 is 1. The molecule has 0 radical (unpaired) electrons. The minimum atomic E-state index is -1.03. The van der Waals surface area contributed by atoms with Crippen LogP contribution in [0.5, 0.6) is 11.5 Å². The molecule has 0 unspecified atom stereocenters. The molecule has 13 heteroatoms. The van der Waals surface area contributed by atoms with E-state index in [1.54, 1.807) is 23.1 Å². The maximum atomic E-state index is 14.3. The number of non-ortho nitro benzene ring substituents is 1. The number of benzene rings is 1. The SMILES string of the molecule is COCCN(CCn1cc(-c2cc3nccc(Oc4ccc([N+](=O)[O-])cc4F)c3s2)cn1)C(=O)O. The van der Waals surface area contributed by atoms with Gasteiger partial charge < -0.3 is 19.5 Å². The zero-order valence-corrected chi connectivity index (χ0v) is 19.3. The standard InChI is InChI=1S/C22H20FN5O6S/c1-33-9-8-26(22(29)30)6-7-27-13-14(12-25-27)20-11-17-21(35-20)19(4-5-24-17)34-18-3-2-15(28(31)32)10-16(18)23/h2-5,10-13H,6-9H2,1H3,(H,29,30). The quantitative estimate of drug-likeness (QED) is 0.246. The van der Waals surface area contributed by atoms with Gasteiger partial charge in [0.25, 0.3) is 5.69 Å². The predicted octanol–water partition coefficient (Wildman–Crippen LogP) is 4.63. The Morgan fingerprint density at radius 2 is 2.11 bits per heavy atom. The predicted molar refractivity (Wildman–Crippen MR) is 125 cm³/mol. The maximum absolute atomic E-state index is 14.3. The summed E-state index contributed by atoms with van der Waals surface area (Å²) in [6.07, 6.45) is 3.97. The monoisotopic (exact) mass is 501 g/mol. The van der Waals surface area contributed by atoms with Crippen molar-refractivity contribution in [2.45, 2.75) is 6.54 Å². The Morgan fingerprint density at radius 3 is 2.83 bits per heavy atom. The fourth-order valence-electron chi connectivity index (χ4n) is 3.28. The number of ether oxygens (including phenoxy) is 2. The number of hydrogen-bond donors (Lipinski definition) is 1. The highest BCUT2D eigenvalue weighted by Crippen LogP contribution is 2.39. The number of carbonyl (C=O) groups is 1. The van der Waals surface area contributed by atoms with E-state index in [1.165, 1.54) is 41.7 Å². The van der Waals surface area contributed by atoms with Crippen molar-refractivity contribution in [3.8, 4) is 21.9 Å². The van der Waals surface area contributed by atoms with Crippen LogP contribution in [0.25, 0.3) is 20.7 Å². The van der Waals surface area contributed by atoms with Gasteiger partial charge in [0.15, 0.2) is 11.6 Å². The second-order valence-electron chi connectivity index (χ2n) is 7.36. The Balaban J connectivity index is 1.52. The molecule has 0 saturated heterocycles. The first-order valence-corrected chi connectivity index (χ1v) is 11.2. The van der Waals surface area contributed by atoms with Crippen LogP contribution < -0.4 is 4.74 Å². The molecule has 0 bridgehead atoms. The molecule has 0 aliphatic carbocycles. The zero-order valence-electron chi connectivity index (χ0n) is 18.5. The van der Waals surface area contributed by atoms with E-state index in [1.807, 2.05) is 6.07 Å². The van der Waals surface area contributed by atoms with E-state index in [4.69, 9.17) is 9.47 Å². The van der Waals surface area contributed by atoms with E-state index in [0.29, 0.717) is 29.1 Å². The molecule has 0 aliphatic heterocycles. The van der Waals surface area contributed by atoms with Crippen molar-refractivity contribution in [2.75, 3.05) is 26.8 Å². The lowest BCUT2D eigenvalue weighted by molar-refractivity contribution is -0.385. The zero-order chi connectivity index (χ0) is 24.9. The van der Waals surface area contributed by atoms with Crippen molar-refractivity contribution in [3.63, 3.8) is 0 Å². The Morgan fingerprint density at radius 1 is 1.29 bits per heavy atom. The number of carboxylic acid groups (broad SMARTS) is 1. The number of aromatic nitrogens is 3. The third-order valence-corrected chi connectivity index (χ3v) is 6.26. The summed E-state index contributed by atoms with van der Waals surface area (Å²) in [5.74, 6) is -0.618. The largest absolute Gasteiger partial charge is 0.465 e. The topological polar surface area (TPSA) is 133 Å². The Labute approximate surface area is 202 Å². The molecule has 11 nitrogen and oxygen atoms in total. The van der Waals surface area contributed by atoms with Crippen LogP contribution in [0.15, 0.2) is 48.9 Å². The number of amides is 1. The van der Waals surface area contributed by atoms with Crippen molar-refractivity contribution in [1.29, 1.82) is 0 Å². The number of thiophene rings is 1. The van der Waals surface area contributed by atoms with Crippen LogP contribution in [0, 0.1) is 15.9 Å². The molecule has 1 N–H and O–H groups in total. The summed E-state index contributed by atoms with van der Waals surface area (Å²) in [4.78, 5) is 27.9. The number of rotatable bonds is 10. The van der Waals surface area contributed by atoms with Gasteiger partial charge in [-0.25, -0.2) is 9.18 Å². The molecule has 182 valence electrons. The van der Waals surface area contributed by atoms with Crippen molar-refractivity contribution in [1.82, 2.24) is 19.7 Å². The minimum absolute atomic E-state index is 0.137. The highest BCUT2D eigenvalue weighted by atomic mass is 32.1. The highest BCUT2D eigenvalue weighted by molar-refractivity contribution is 7.22. The lowest BCUT2D eigenvalue weighted by Crippen LogP contribution is -2.35. The first kappa shape index (κ1) is 24.0. The number of nitro groups is 1. The van der Waals surface area contributed by atoms with Crippen molar-refractivity contribution in [2.24, 2.45) is 0 Å². The van der Waals surface area contributed by atoms with Gasteiger partial charge in [0.2, 0.25) is 0 Å². The molecular weight excluding hydrogens is 481 g/mol. The first-order chi connectivity index (χ1) is 16.9. The van der Waals surface area contributed by atoms with E-state index < -0.39 is 16.8 Å². The summed E-state index contributed by atoms with van der Waals surface area (Å²) in [6, 6.07) is 6.63. The van der Waals surface area contributed by atoms with Crippen LogP contribution in [-0.2, 0) is 11.3 Å². The molecular formula is C22H20FN5O6S. The van der Waals surface area contributed by atoms with Gasteiger partial charge in [0, 0.05) is 55.2 Å². The summed E-state index contributed by atoms with van der Waals surface area (Å²) in [6.45, 7) is 1.19. The fourth-order valence-corrected chi connectivity index (χ4v) is 4.32. The Bertz CT molecular complexity index is 1370. The van der Waals surface area contributed by atoms with Crippen LogP contribution in [-0.4, -0.2) is 62.6 Å². The molecule has 1 amide bonds. The highest BCUT2D eigenvalue weighted by Gasteiger charge is 2.16. The summed E-state index contributed by atoms with van der Waals surface area (Å²) < 4.78 is 27.3. The van der Waals surface area contributed by atoms with Crippen LogP contribution in [0.4, 0.5) is 14.9 Å². The van der Waals surface area contributed by atoms with Crippen LogP contribution >= 0.6 is 11.3 Å². The number of nitro benzene ring substituents is 1. The van der Waals surface area contributed by atoms with Crippen molar-refractivity contribution in [3.05, 3.63) is 64.9 Å². The number of hydrogen-bond acceptors (Lipinski definition) is 8. The van der Waals surface area contributed by atoms with Gasteiger partial charge in [-0.3, -0.25) is 19.8 Å².